The zero-order valence-electron chi connectivity index (χ0n) is 22.4. The maximum absolute atomic E-state index is 14.2. The van der Waals surface area contributed by atoms with Crippen molar-refractivity contribution in [3.05, 3.63) is 113 Å². The fourth-order valence-electron chi connectivity index (χ4n) is 5.48. The van der Waals surface area contributed by atoms with Crippen LogP contribution >= 0.6 is 0 Å². The molecule has 2 aliphatic rings. The highest BCUT2D eigenvalue weighted by Crippen LogP contribution is 2.57. The minimum absolute atomic E-state index is 0.00902. The third-order valence-electron chi connectivity index (χ3n) is 7.06. The molecule has 0 saturated heterocycles. The summed E-state index contributed by atoms with van der Waals surface area (Å²) in [6.07, 6.45) is -0.00902. The Hall–Kier alpha value is -4.39. The summed E-state index contributed by atoms with van der Waals surface area (Å²) in [4.78, 5) is 33.0. The van der Waals surface area contributed by atoms with Crippen molar-refractivity contribution in [3.63, 3.8) is 0 Å². The van der Waals surface area contributed by atoms with Crippen molar-refractivity contribution < 1.29 is 28.9 Å². The monoisotopic (exact) mass is 525 g/mol. The summed E-state index contributed by atoms with van der Waals surface area (Å²) in [6, 6.07) is 25.7. The van der Waals surface area contributed by atoms with E-state index in [1.807, 2.05) is 60.7 Å². The number of carbonyl (C=O) groups excluding carboxylic acids is 2. The summed E-state index contributed by atoms with van der Waals surface area (Å²) in [6.45, 7) is 5.25. The molecular weight excluding hydrogens is 494 g/mol. The molecule has 0 aromatic heterocycles. The molecule has 39 heavy (non-hydrogen) atoms. The maximum atomic E-state index is 14.2. The quantitative estimate of drug-likeness (QED) is 0.419. The van der Waals surface area contributed by atoms with E-state index in [4.69, 9.17) is 19.2 Å². The van der Waals surface area contributed by atoms with Crippen LogP contribution in [0.5, 0.6) is 5.75 Å². The average molecular weight is 526 g/mol. The molecule has 0 fully saturated rings. The summed E-state index contributed by atoms with van der Waals surface area (Å²) in [5, 5.41) is 11.5. The minimum Gasteiger partial charge on any atom is -0.512 e. The summed E-state index contributed by atoms with van der Waals surface area (Å²) in [5.41, 5.74) is -0.569. The van der Waals surface area contributed by atoms with Gasteiger partial charge in [-0.05, 0) is 44.5 Å². The third kappa shape index (κ3) is 4.69. The van der Waals surface area contributed by atoms with Crippen LogP contribution in [0.15, 0.2) is 101 Å². The highest BCUT2D eigenvalue weighted by atomic mass is 16.6. The molecule has 3 aromatic carbocycles. The zero-order chi connectivity index (χ0) is 27.8. The molecule has 5 rings (SSSR count). The van der Waals surface area contributed by atoms with Gasteiger partial charge in [0.15, 0.2) is 5.54 Å². The Kier molecular flexibility index (Phi) is 6.76. The van der Waals surface area contributed by atoms with Crippen LogP contribution in [0.3, 0.4) is 0 Å². The molecule has 1 heterocycles. The zero-order valence-corrected chi connectivity index (χ0v) is 22.4. The van der Waals surface area contributed by atoms with Gasteiger partial charge in [0.2, 0.25) is 5.90 Å². The number of hydrogen-bond acceptors (Lipinski definition) is 7. The van der Waals surface area contributed by atoms with Crippen molar-refractivity contribution in [1.82, 2.24) is 0 Å². The Balaban J connectivity index is 1.84. The molecule has 1 aliphatic carbocycles. The Morgan fingerprint density at radius 2 is 1.59 bits per heavy atom. The molecule has 1 N–H and O–H groups in total. The van der Waals surface area contributed by atoms with E-state index in [1.165, 1.54) is 7.11 Å². The molecule has 0 bridgehead atoms. The standard InChI is InChI=1S/C32H31NO6/c1-31(2,3)39-29(35)26-24(34)19-23(20-13-7-5-8-14-20)32(27(26)22-17-11-12-18-25(22)37-4)30(36)38-28(33-32)21-15-9-6-10-16-21/h5-18,23,27,34H,19H2,1-4H3/t23-,27+,32-/m1/s1. The number of carbonyl (C=O) groups is 2. The smallest absolute Gasteiger partial charge is 0.342 e. The van der Waals surface area contributed by atoms with Gasteiger partial charge in [0, 0.05) is 23.5 Å². The predicted octanol–water partition coefficient (Wildman–Crippen LogP) is 5.86. The number of para-hydroxylation sites is 1. The second-order valence-electron chi connectivity index (χ2n) is 10.7. The average Bonchev–Trinajstić information content (AvgIpc) is 3.26. The highest BCUT2D eigenvalue weighted by Gasteiger charge is 2.63. The summed E-state index contributed by atoms with van der Waals surface area (Å²) >= 11 is 0. The number of benzene rings is 3. The van der Waals surface area contributed by atoms with Gasteiger partial charge in [-0.2, -0.15) is 0 Å². The number of methoxy groups -OCH3 is 1. The van der Waals surface area contributed by atoms with Crippen LogP contribution in [0.25, 0.3) is 0 Å². The first-order chi connectivity index (χ1) is 18.7. The SMILES string of the molecule is COc1ccccc1[C@H]1C(C(=O)OC(C)(C)C)=C(O)C[C@H](c2ccccc2)[C@@]12N=C(c1ccccc1)OC2=O. The van der Waals surface area contributed by atoms with Gasteiger partial charge in [-0.1, -0.05) is 66.7 Å². The number of cyclic esters (lactones) is 1. The summed E-state index contributed by atoms with van der Waals surface area (Å²) < 4.78 is 17.4. The van der Waals surface area contributed by atoms with Crippen LogP contribution in [0.1, 0.15) is 55.7 Å². The van der Waals surface area contributed by atoms with E-state index in [2.05, 4.69) is 0 Å². The highest BCUT2D eigenvalue weighted by molar-refractivity contribution is 6.10. The molecule has 0 radical (unpaired) electrons. The molecular formula is C32H31NO6. The number of aliphatic hydroxyl groups excluding tert-OH is 1. The largest absolute Gasteiger partial charge is 0.512 e. The number of esters is 2. The van der Waals surface area contributed by atoms with Gasteiger partial charge in [0.1, 0.15) is 17.1 Å². The number of aliphatic hydroxyl groups is 1. The van der Waals surface area contributed by atoms with Crippen LogP contribution in [-0.2, 0) is 19.1 Å². The van der Waals surface area contributed by atoms with Gasteiger partial charge in [-0.15, -0.1) is 0 Å². The van der Waals surface area contributed by atoms with E-state index in [9.17, 15) is 14.7 Å². The Morgan fingerprint density at radius 1 is 0.974 bits per heavy atom. The van der Waals surface area contributed by atoms with Crippen LogP contribution in [0.2, 0.25) is 0 Å². The van der Waals surface area contributed by atoms with Crippen LogP contribution in [0.4, 0.5) is 0 Å². The Morgan fingerprint density at radius 3 is 2.23 bits per heavy atom. The fourth-order valence-corrected chi connectivity index (χ4v) is 5.48. The molecule has 200 valence electrons. The van der Waals surface area contributed by atoms with E-state index >= 15 is 0 Å². The van der Waals surface area contributed by atoms with E-state index in [0.29, 0.717) is 16.9 Å². The first-order valence-electron chi connectivity index (χ1n) is 12.9. The van der Waals surface area contributed by atoms with E-state index in [-0.39, 0.29) is 23.7 Å². The van der Waals surface area contributed by atoms with E-state index in [1.54, 1.807) is 45.0 Å². The molecule has 7 heteroatoms. The molecule has 0 saturated carbocycles. The third-order valence-corrected chi connectivity index (χ3v) is 7.06. The van der Waals surface area contributed by atoms with Gasteiger partial charge in [0.05, 0.1) is 18.6 Å². The van der Waals surface area contributed by atoms with Crippen molar-refractivity contribution >= 4 is 17.8 Å². The van der Waals surface area contributed by atoms with Crippen LogP contribution in [-0.4, -0.2) is 41.2 Å². The van der Waals surface area contributed by atoms with Crippen molar-refractivity contribution in [2.45, 2.75) is 50.2 Å². The number of allylic oxidation sites excluding steroid dienone is 1. The summed E-state index contributed by atoms with van der Waals surface area (Å²) in [7, 11) is 1.52. The summed E-state index contributed by atoms with van der Waals surface area (Å²) in [5.74, 6) is -2.59. The number of nitrogens with zero attached hydrogens (tertiary/aromatic N) is 1. The molecule has 3 atom stereocenters. The number of aliphatic imine (C=N–C) groups is 1. The van der Waals surface area contributed by atoms with Gasteiger partial charge in [0.25, 0.3) is 0 Å². The molecule has 1 spiro atoms. The molecule has 0 unspecified atom stereocenters. The number of rotatable bonds is 5. The lowest BCUT2D eigenvalue weighted by molar-refractivity contribution is -0.151. The van der Waals surface area contributed by atoms with Crippen molar-refractivity contribution in [2.75, 3.05) is 7.11 Å². The van der Waals surface area contributed by atoms with Crippen molar-refractivity contribution in [1.29, 1.82) is 0 Å². The Labute approximate surface area is 227 Å². The number of hydrogen-bond donors (Lipinski definition) is 1. The normalized spacial score (nSPS) is 22.9. The van der Waals surface area contributed by atoms with E-state index in [0.717, 1.165) is 5.56 Å². The second-order valence-corrected chi connectivity index (χ2v) is 10.7. The molecule has 7 nitrogen and oxygen atoms in total. The second kappa shape index (κ2) is 10.1. The predicted molar refractivity (Wildman–Crippen MR) is 147 cm³/mol. The van der Waals surface area contributed by atoms with Gasteiger partial charge >= 0.3 is 11.9 Å². The van der Waals surface area contributed by atoms with Crippen molar-refractivity contribution in [3.8, 4) is 5.75 Å². The van der Waals surface area contributed by atoms with Gasteiger partial charge in [-0.25, -0.2) is 14.6 Å². The first kappa shape index (κ1) is 26.2. The van der Waals surface area contributed by atoms with Gasteiger partial charge in [-0.3, -0.25) is 0 Å². The lowest BCUT2D eigenvalue weighted by atomic mass is 9.61. The van der Waals surface area contributed by atoms with Crippen molar-refractivity contribution in [2.24, 2.45) is 4.99 Å². The number of ether oxygens (including phenoxy) is 3. The topological polar surface area (TPSA) is 94.4 Å². The maximum Gasteiger partial charge on any atom is 0.342 e. The fraction of sp³-hybridized carbons (Fsp3) is 0.281. The van der Waals surface area contributed by atoms with E-state index < -0.39 is 34.9 Å². The molecule has 0 amide bonds. The minimum atomic E-state index is -1.63. The van der Waals surface area contributed by atoms with Gasteiger partial charge < -0.3 is 19.3 Å². The lowest BCUT2D eigenvalue weighted by Gasteiger charge is -2.43. The first-order valence-corrected chi connectivity index (χ1v) is 12.9. The molecule has 1 aliphatic heterocycles. The van der Waals surface area contributed by atoms with Crippen LogP contribution in [0, 0.1) is 0 Å². The lowest BCUT2D eigenvalue weighted by Crippen LogP contribution is -2.51. The Bertz CT molecular complexity index is 1450. The van der Waals surface area contributed by atoms with Crippen LogP contribution < -0.4 is 4.74 Å². The molecule has 3 aromatic rings.